The molecule has 0 amide bonds. The SMILES string of the molecule is N#CC1(NCCCO)CCCCC1. The van der Waals surface area contributed by atoms with E-state index < -0.39 is 0 Å². The van der Waals surface area contributed by atoms with Gasteiger partial charge in [0.25, 0.3) is 0 Å². The Kier molecular flexibility index (Phi) is 4.20. The van der Waals surface area contributed by atoms with E-state index in [9.17, 15) is 0 Å². The molecular formula is C10H18N2O. The molecule has 1 saturated carbocycles. The van der Waals surface area contributed by atoms with Crippen LogP contribution < -0.4 is 5.32 Å². The number of nitriles is 1. The molecule has 13 heavy (non-hydrogen) atoms. The van der Waals surface area contributed by atoms with Crippen LogP contribution in [-0.4, -0.2) is 23.8 Å². The van der Waals surface area contributed by atoms with Gasteiger partial charge >= 0.3 is 0 Å². The van der Waals surface area contributed by atoms with E-state index in [1.807, 2.05) is 0 Å². The lowest BCUT2D eigenvalue weighted by atomic mass is 9.83. The molecule has 0 saturated heterocycles. The highest BCUT2D eigenvalue weighted by atomic mass is 16.3. The Hall–Kier alpha value is -0.590. The minimum absolute atomic E-state index is 0.203. The first kappa shape index (κ1) is 10.5. The number of nitrogens with zero attached hydrogens (tertiary/aromatic N) is 1. The summed E-state index contributed by atoms with van der Waals surface area (Å²) in [5, 5.41) is 21.0. The van der Waals surface area contributed by atoms with E-state index in [-0.39, 0.29) is 12.1 Å². The summed E-state index contributed by atoms with van der Waals surface area (Å²) in [5.74, 6) is 0. The fourth-order valence-corrected chi connectivity index (χ4v) is 1.89. The summed E-state index contributed by atoms with van der Waals surface area (Å²) in [6, 6.07) is 2.38. The third-order valence-corrected chi connectivity index (χ3v) is 2.72. The molecule has 3 nitrogen and oxygen atoms in total. The summed E-state index contributed by atoms with van der Waals surface area (Å²) in [6.45, 7) is 0.957. The Bertz CT molecular complexity index is 180. The highest BCUT2D eigenvalue weighted by molar-refractivity contribution is 5.08. The first-order valence-electron chi connectivity index (χ1n) is 5.10. The van der Waals surface area contributed by atoms with E-state index in [0.717, 1.165) is 38.6 Å². The van der Waals surface area contributed by atoms with Crippen molar-refractivity contribution in [3.8, 4) is 6.07 Å². The lowest BCUT2D eigenvalue weighted by Crippen LogP contribution is -2.46. The molecule has 0 aromatic carbocycles. The van der Waals surface area contributed by atoms with Crippen LogP contribution in [0.25, 0.3) is 0 Å². The molecule has 0 radical (unpaired) electrons. The second kappa shape index (κ2) is 5.21. The van der Waals surface area contributed by atoms with E-state index in [1.54, 1.807) is 0 Å². The summed E-state index contributed by atoms with van der Waals surface area (Å²) in [7, 11) is 0. The van der Waals surface area contributed by atoms with Gasteiger partial charge in [0.15, 0.2) is 0 Å². The number of hydrogen-bond donors (Lipinski definition) is 2. The predicted octanol–water partition coefficient (Wildman–Crippen LogP) is 1.18. The zero-order valence-corrected chi connectivity index (χ0v) is 8.05. The second-order valence-electron chi connectivity index (χ2n) is 3.76. The number of nitrogens with one attached hydrogen (secondary N) is 1. The zero-order valence-electron chi connectivity index (χ0n) is 8.05. The Morgan fingerprint density at radius 1 is 1.31 bits per heavy atom. The maximum Gasteiger partial charge on any atom is 0.106 e. The zero-order chi connectivity index (χ0) is 9.57. The third-order valence-electron chi connectivity index (χ3n) is 2.72. The molecule has 1 fully saturated rings. The Labute approximate surface area is 79.8 Å². The van der Waals surface area contributed by atoms with Crippen molar-refractivity contribution in [2.75, 3.05) is 13.2 Å². The number of aliphatic hydroxyl groups is 1. The molecule has 74 valence electrons. The van der Waals surface area contributed by atoms with Gasteiger partial charge in [-0.25, -0.2) is 0 Å². The topological polar surface area (TPSA) is 56.0 Å². The number of hydrogen-bond acceptors (Lipinski definition) is 3. The van der Waals surface area contributed by atoms with Crippen molar-refractivity contribution in [3.05, 3.63) is 0 Å². The summed E-state index contributed by atoms with van der Waals surface area (Å²) >= 11 is 0. The quantitative estimate of drug-likeness (QED) is 0.642. The van der Waals surface area contributed by atoms with Gasteiger partial charge in [0.1, 0.15) is 5.54 Å². The van der Waals surface area contributed by atoms with Crippen LogP contribution in [-0.2, 0) is 0 Å². The predicted molar refractivity (Wildman–Crippen MR) is 51.1 cm³/mol. The van der Waals surface area contributed by atoms with Gasteiger partial charge in [0, 0.05) is 6.61 Å². The van der Waals surface area contributed by atoms with Gasteiger partial charge in [0.2, 0.25) is 0 Å². The molecule has 0 bridgehead atoms. The highest BCUT2D eigenvalue weighted by Gasteiger charge is 2.30. The monoisotopic (exact) mass is 182 g/mol. The van der Waals surface area contributed by atoms with Crippen LogP contribution >= 0.6 is 0 Å². The maximum atomic E-state index is 9.07. The Balaban J connectivity index is 2.35. The summed E-state index contributed by atoms with van der Waals surface area (Å²) < 4.78 is 0. The molecule has 1 aliphatic carbocycles. The van der Waals surface area contributed by atoms with Crippen molar-refractivity contribution in [3.63, 3.8) is 0 Å². The minimum Gasteiger partial charge on any atom is -0.396 e. The molecule has 0 aromatic heterocycles. The summed E-state index contributed by atoms with van der Waals surface area (Å²) in [5.41, 5.74) is -0.284. The van der Waals surface area contributed by atoms with Crippen LogP contribution in [0.1, 0.15) is 38.5 Å². The minimum atomic E-state index is -0.284. The van der Waals surface area contributed by atoms with E-state index in [1.165, 1.54) is 6.42 Å². The third kappa shape index (κ3) is 2.98. The summed E-state index contributed by atoms with van der Waals surface area (Å²) in [4.78, 5) is 0. The van der Waals surface area contributed by atoms with E-state index in [2.05, 4.69) is 11.4 Å². The van der Waals surface area contributed by atoms with Crippen molar-refractivity contribution in [1.82, 2.24) is 5.32 Å². The molecule has 0 aliphatic heterocycles. The van der Waals surface area contributed by atoms with Gasteiger partial charge in [-0.15, -0.1) is 0 Å². The molecule has 0 atom stereocenters. The van der Waals surface area contributed by atoms with Gasteiger partial charge < -0.3 is 5.11 Å². The van der Waals surface area contributed by atoms with Crippen LogP contribution in [0.2, 0.25) is 0 Å². The average molecular weight is 182 g/mol. The lowest BCUT2D eigenvalue weighted by Gasteiger charge is -2.31. The molecule has 0 aromatic rings. The standard InChI is InChI=1S/C10H18N2O/c11-9-10(12-7-4-8-13)5-2-1-3-6-10/h12-13H,1-8H2. The molecule has 0 heterocycles. The molecule has 1 rings (SSSR count). The van der Waals surface area contributed by atoms with Gasteiger partial charge in [-0.05, 0) is 25.8 Å². The van der Waals surface area contributed by atoms with E-state index in [4.69, 9.17) is 10.4 Å². The van der Waals surface area contributed by atoms with Gasteiger partial charge in [-0.2, -0.15) is 5.26 Å². The fraction of sp³-hybridized carbons (Fsp3) is 0.900. The Morgan fingerprint density at radius 3 is 2.54 bits per heavy atom. The highest BCUT2D eigenvalue weighted by Crippen LogP contribution is 2.27. The Morgan fingerprint density at radius 2 is 2.00 bits per heavy atom. The van der Waals surface area contributed by atoms with Gasteiger partial charge in [-0.1, -0.05) is 19.3 Å². The number of aliphatic hydroxyl groups excluding tert-OH is 1. The van der Waals surface area contributed by atoms with Crippen molar-refractivity contribution in [2.45, 2.75) is 44.1 Å². The van der Waals surface area contributed by atoms with E-state index >= 15 is 0 Å². The van der Waals surface area contributed by atoms with Crippen molar-refractivity contribution < 1.29 is 5.11 Å². The molecule has 0 spiro atoms. The maximum absolute atomic E-state index is 9.07. The molecule has 2 N–H and O–H groups in total. The van der Waals surface area contributed by atoms with Crippen LogP contribution in [0, 0.1) is 11.3 Å². The largest absolute Gasteiger partial charge is 0.396 e. The van der Waals surface area contributed by atoms with Crippen LogP contribution in [0.3, 0.4) is 0 Å². The van der Waals surface area contributed by atoms with Crippen molar-refractivity contribution >= 4 is 0 Å². The normalized spacial score (nSPS) is 20.9. The van der Waals surface area contributed by atoms with Gasteiger partial charge in [0.05, 0.1) is 6.07 Å². The summed E-state index contributed by atoms with van der Waals surface area (Å²) in [6.07, 6.45) is 6.23. The lowest BCUT2D eigenvalue weighted by molar-refractivity contribution is 0.259. The second-order valence-corrected chi connectivity index (χ2v) is 3.76. The van der Waals surface area contributed by atoms with Crippen molar-refractivity contribution in [2.24, 2.45) is 0 Å². The smallest absolute Gasteiger partial charge is 0.106 e. The molecule has 1 aliphatic rings. The van der Waals surface area contributed by atoms with Crippen LogP contribution in [0.15, 0.2) is 0 Å². The molecule has 0 unspecified atom stereocenters. The fourth-order valence-electron chi connectivity index (χ4n) is 1.89. The first-order chi connectivity index (χ1) is 6.33. The molecule has 3 heteroatoms. The number of rotatable bonds is 4. The van der Waals surface area contributed by atoms with E-state index in [0.29, 0.717) is 0 Å². The average Bonchev–Trinajstić information content (AvgIpc) is 2.20. The van der Waals surface area contributed by atoms with Gasteiger partial charge in [-0.3, -0.25) is 5.32 Å². The first-order valence-corrected chi connectivity index (χ1v) is 5.10. The van der Waals surface area contributed by atoms with Crippen LogP contribution in [0.4, 0.5) is 0 Å². The van der Waals surface area contributed by atoms with Crippen LogP contribution in [0.5, 0.6) is 0 Å². The van der Waals surface area contributed by atoms with Crippen molar-refractivity contribution in [1.29, 1.82) is 5.26 Å². The molecular weight excluding hydrogens is 164 g/mol.